The van der Waals surface area contributed by atoms with Crippen LogP contribution in [0.4, 0.5) is 0 Å². The Kier molecular flexibility index (Phi) is 8.53. The number of nitrogens with zero attached hydrogens (tertiary/aromatic N) is 2. The second kappa shape index (κ2) is 14.8. The molecular weight excluding hydrogens is 749 g/mol. The smallest absolute Gasteiger partial charge is 0.0547 e. The minimum atomic E-state index is 1.14. The summed E-state index contributed by atoms with van der Waals surface area (Å²) in [7, 11) is 0. The van der Waals surface area contributed by atoms with Gasteiger partial charge in [-0.05, 0) is 122 Å². The molecule has 0 aliphatic heterocycles. The van der Waals surface area contributed by atoms with Gasteiger partial charge >= 0.3 is 0 Å². The van der Waals surface area contributed by atoms with Crippen LogP contribution in [0.2, 0.25) is 0 Å². The molecule has 10 aromatic carbocycles. The van der Waals surface area contributed by atoms with Crippen LogP contribution in [-0.4, -0.2) is 9.13 Å². The van der Waals surface area contributed by atoms with Gasteiger partial charge in [0.15, 0.2) is 0 Å². The van der Waals surface area contributed by atoms with E-state index < -0.39 is 0 Å². The highest BCUT2D eigenvalue weighted by atomic mass is 15.0. The molecule has 2 heteroatoms. The maximum Gasteiger partial charge on any atom is 0.0547 e. The number of para-hydroxylation sites is 1. The van der Waals surface area contributed by atoms with Crippen molar-refractivity contribution < 1.29 is 0 Å². The van der Waals surface area contributed by atoms with Crippen LogP contribution in [-0.2, 0) is 0 Å². The highest BCUT2D eigenvalue weighted by Gasteiger charge is 2.19. The Morgan fingerprint density at radius 3 is 1.34 bits per heavy atom. The lowest BCUT2D eigenvalue weighted by Gasteiger charge is -2.11. The normalized spacial score (nSPS) is 11.5. The molecule has 0 radical (unpaired) electrons. The van der Waals surface area contributed by atoms with Gasteiger partial charge in [0.1, 0.15) is 0 Å². The van der Waals surface area contributed by atoms with Crippen LogP contribution < -0.4 is 0 Å². The minimum Gasteiger partial charge on any atom is -0.309 e. The third-order valence-corrected chi connectivity index (χ3v) is 12.5. The van der Waals surface area contributed by atoms with E-state index in [0.29, 0.717) is 0 Å². The molecule has 12 aromatic rings. The quantitative estimate of drug-likeness (QED) is 0.152. The second-order valence-corrected chi connectivity index (χ2v) is 16.1. The molecule has 0 unspecified atom stereocenters. The second-order valence-electron chi connectivity index (χ2n) is 16.1. The zero-order chi connectivity index (χ0) is 41.0. The lowest BCUT2D eigenvalue weighted by molar-refractivity contribution is 1.18. The van der Waals surface area contributed by atoms with Crippen molar-refractivity contribution in [2.24, 2.45) is 0 Å². The highest BCUT2D eigenvalue weighted by Crippen LogP contribution is 2.42. The lowest BCUT2D eigenvalue weighted by atomic mass is 9.95. The third-order valence-electron chi connectivity index (χ3n) is 12.5. The van der Waals surface area contributed by atoms with E-state index in [2.05, 4.69) is 252 Å². The average molecular weight is 789 g/mol. The molecule has 0 N–H and O–H groups in total. The van der Waals surface area contributed by atoms with Gasteiger partial charge in [-0.15, -0.1) is 0 Å². The van der Waals surface area contributed by atoms with Crippen molar-refractivity contribution in [3.8, 4) is 67.0 Å². The molecule has 0 aliphatic rings. The van der Waals surface area contributed by atoms with Gasteiger partial charge < -0.3 is 9.13 Å². The summed E-state index contributed by atoms with van der Waals surface area (Å²) in [6.07, 6.45) is 0. The Labute approximate surface area is 360 Å². The Hall–Kier alpha value is -8.20. The number of hydrogen-bond donors (Lipinski definition) is 0. The highest BCUT2D eigenvalue weighted by molar-refractivity contribution is 6.17. The van der Waals surface area contributed by atoms with E-state index >= 15 is 0 Å². The molecule has 62 heavy (non-hydrogen) atoms. The van der Waals surface area contributed by atoms with E-state index in [1.54, 1.807) is 0 Å². The van der Waals surface area contributed by atoms with Gasteiger partial charge in [0.05, 0.1) is 22.1 Å². The van der Waals surface area contributed by atoms with Crippen LogP contribution in [0, 0.1) is 0 Å². The summed E-state index contributed by atoms with van der Waals surface area (Å²) in [5.41, 5.74) is 19.1. The third kappa shape index (κ3) is 6.04. The molecule has 0 spiro atoms. The van der Waals surface area contributed by atoms with E-state index in [1.165, 1.54) is 99.2 Å². The van der Waals surface area contributed by atoms with E-state index in [0.717, 1.165) is 11.4 Å². The molecular formula is C60H40N2. The predicted octanol–water partition coefficient (Wildman–Crippen LogP) is 16.2. The van der Waals surface area contributed by atoms with Crippen LogP contribution in [0.1, 0.15) is 0 Å². The van der Waals surface area contributed by atoms with E-state index in [4.69, 9.17) is 0 Å². The molecule has 0 fully saturated rings. The summed E-state index contributed by atoms with van der Waals surface area (Å²) in [5, 5.41) is 4.96. The van der Waals surface area contributed by atoms with Gasteiger partial charge in [-0.3, -0.25) is 0 Å². The van der Waals surface area contributed by atoms with Crippen molar-refractivity contribution in [3.05, 3.63) is 243 Å². The monoisotopic (exact) mass is 788 g/mol. The van der Waals surface area contributed by atoms with Crippen LogP contribution in [0.3, 0.4) is 0 Å². The molecule has 0 amide bonds. The standard InChI is InChI=1S/C60H40N2/c1-4-15-41(16-5-1)44-29-33-50(34-30-44)61-58-36-32-48(40-55(58)60-52(26-14-28-59(60)61)49-23-12-21-45(37-49)42-17-6-2-7-18-42)47-31-35-57-54(39-47)53-25-10-11-27-56(53)62(57)51-24-13-22-46(38-51)43-19-8-3-9-20-43/h1-40H. The fourth-order valence-corrected chi connectivity index (χ4v) is 9.59. The topological polar surface area (TPSA) is 9.86 Å². The van der Waals surface area contributed by atoms with E-state index in [1.807, 2.05) is 0 Å². The van der Waals surface area contributed by atoms with Gasteiger partial charge in [-0.2, -0.15) is 0 Å². The molecule has 0 saturated heterocycles. The lowest BCUT2D eigenvalue weighted by Crippen LogP contribution is -1.94. The van der Waals surface area contributed by atoms with E-state index in [9.17, 15) is 0 Å². The van der Waals surface area contributed by atoms with Gasteiger partial charge in [-0.1, -0.05) is 176 Å². The summed E-state index contributed by atoms with van der Waals surface area (Å²) in [5.74, 6) is 0. The van der Waals surface area contributed by atoms with Crippen LogP contribution in [0.5, 0.6) is 0 Å². The first kappa shape index (κ1) is 35.7. The average Bonchev–Trinajstić information content (AvgIpc) is 3.87. The Bertz CT molecular complexity index is 3600. The first-order valence-electron chi connectivity index (χ1n) is 21.3. The van der Waals surface area contributed by atoms with Gasteiger partial charge in [0.2, 0.25) is 0 Å². The SMILES string of the molecule is c1ccc(-c2ccc(-n3c4ccc(-c5ccc6c(c5)c5ccccc5n6-c5cccc(-c6ccccc6)c5)cc4c4c(-c5cccc(-c6ccccc6)c5)cccc43)cc2)cc1. The largest absolute Gasteiger partial charge is 0.309 e. The maximum atomic E-state index is 2.44. The summed E-state index contributed by atoms with van der Waals surface area (Å²) >= 11 is 0. The number of fused-ring (bicyclic) bond motifs is 6. The van der Waals surface area contributed by atoms with Gasteiger partial charge in [-0.25, -0.2) is 0 Å². The van der Waals surface area contributed by atoms with Crippen LogP contribution in [0.15, 0.2) is 243 Å². The zero-order valence-electron chi connectivity index (χ0n) is 34.0. The molecule has 290 valence electrons. The fourth-order valence-electron chi connectivity index (χ4n) is 9.59. The molecule has 0 bridgehead atoms. The summed E-state index contributed by atoms with van der Waals surface area (Å²) in [6.45, 7) is 0. The molecule has 0 saturated carbocycles. The van der Waals surface area contributed by atoms with Crippen molar-refractivity contribution in [3.63, 3.8) is 0 Å². The van der Waals surface area contributed by atoms with E-state index in [-0.39, 0.29) is 0 Å². The number of hydrogen-bond acceptors (Lipinski definition) is 0. The van der Waals surface area contributed by atoms with Crippen molar-refractivity contribution in [2.45, 2.75) is 0 Å². The Balaban J connectivity index is 1.04. The number of aromatic nitrogens is 2. The molecule has 12 rings (SSSR count). The summed E-state index contributed by atoms with van der Waals surface area (Å²) < 4.78 is 4.85. The molecule has 2 nitrogen and oxygen atoms in total. The zero-order valence-corrected chi connectivity index (χ0v) is 34.0. The van der Waals surface area contributed by atoms with Crippen LogP contribution >= 0.6 is 0 Å². The summed E-state index contributed by atoms with van der Waals surface area (Å²) in [4.78, 5) is 0. The fraction of sp³-hybridized carbons (Fsp3) is 0. The molecule has 0 atom stereocenters. The first-order chi connectivity index (χ1) is 30.7. The number of benzene rings is 10. The minimum absolute atomic E-state index is 1.14. The molecule has 2 heterocycles. The Morgan fingerprint density at radius 2 is 0.645 bits per heavy atom. The van der Waals surface area contributed by atoms with Crippen molar-refractivity contribution in [1.29, 1.82) is 0 Å². The Morgan fingerprint density at radius 1 is 0.210 bits per heavy atom. The molecule has 2 aromatic heterocycles. The predicted molar refractivity (Wildman–Crippen MR) is 262 cm³/mol. The van der Waals surface area contributed by atoms with Gasteiger partial charge in [0, 0.05) is 32.9 Å². The van der Waals surface area contributed by atoms with Gasteiger partial charge in [0.25, 0.3) is 0 Å². The van der Waals surface area contributed by atoms with Crippen molar-refractivity contribution in [1.82, 2.24) is 9.13 Å². The van der Waals surface area contributed by atoms with Crippen molar-refractivity contribution >= 4 is 43.6 Å². The molecule has 0 aliphatic carbocycles. The van der Waals surface area contributed by atoms with Crippen LogP contribution in [0.25, 0.3) is 111 Å². The number of rotatable bonds is 7. The van der Waals surface area contributed by atoms with Crippen molar-refractivity contribution in [2.75, 3.05) is 0 Å². The summed E-state index contributed by atoms with van der Waals surface area (Å²) in [6, 6.07) is 88.4. The first-order valence-corrected chi connectivity index (χ1v) is 21.3. The maximum absolute atomic E-state index is 2.44.